The lowest BCUT2D eigenvalue weighted by molar-refractivity contribution is 0.112. The molecule has 3 aromatic rings. The summed E-state index contributed by atoms with van der Waals surface area (Å²) in [4.78, 5) is 30.1. The number of fused-ring (bicyclic) bond motifs is 2. The van der Waals surface area contributed by atoms with Gasteiger partial charge in [0.15, 0.2) is 6.29 Å². The van der Waals surface area contributed by atoms with E-state index in [1.54, 1.807) is 11.3 Å². The van der Waals surface area contributed by atoms with Crippen LogP contribution < -0.4 is 11.1 Å². The van der Waals surface area contributed by atoms with Gasteiger partial charge in [-0.15, -0.1) is 22.7 Å². The van der Waals surface area contributed by atoms with Crippen molar-refractivity contribution in [2.45, 2.75) is 25.7 Å². The Bertz CT molecular complexity index is 945. The van der Waals surface area contributed by atoms with Crippen molar-refractivity contribution in [2.75, 3.05) is 5.32 Å². The Morgan fingerprint density at radius 2 is 2.17 bits per heavy atom. The van der Waals surface area contributed by atoms with Gasteiger partial charge < -0.3 is 11.1 Å². The van der Waals surface area contributed by atoms with Gasteiger partial charge in [0.1, 0.15) is 4.83 Å². The molecule has 24 heavy (non-hydrogen) atoms. The van der Waals surface area contributed by atoms with Crippen molar-refractivity contribution in [3.63, 3.8) is 0 Å². The molecule has 2 amide bonds. The number of amides is 2. The van der Waals surface area contributed by atoms with Gasteiger partial charge in [0, 0.05) is 21.5 Å². The van der Waals surface area contributed by atoms with Gasteiger partial charge in [-0.25, -0.2) is 9.78 Å². The lowest BCUT2D eigenvalue weighted by Gasteiger charge is -2.19. The van der Waals surface area contributed by atoms with Gasteiger partial charge in [-0.1, -0.05) is 6.07 Å². The van der Waals surface area contributed by atoms with Crippen molar-refractivity contribution in [3.8, 4) is 10.4 Å². The first-order valence-electron chi connectivity index (χ1n) is 7.72. The summed E-state index contributed by atoms with van der Waals surface area (Å²) in [5.41, 5.74) is 9.26. The van der Waals surface area contributed by atoms with Crippen LogP contribution in [0.15, 0.2) is 17.5 Å². The Morgan fingerprint density at radius 3 is 2.88 bits per heavy atom. The van der Waals surface area contributed by atoms with E-state index < -0.39 is 6.03 Å². The van der Waals surface area contributed by atoms with Crippen molar-refractivity contribution >= 4 is 50.9 Å². The molecule has 3 aromatic heterocycles. The molecular weight excluding hydrogens is 342 g/mol. The second-order valence-corrected chi connectivity index (χ2v) is 7.70. The predicted octanol–water partition coefficient (Wildman–Crippen LogP) is 4.21. The number of anilines is 1. The van der Waals surface area contributed by atoms with Crippen LogP contribution in [-0.2, 0) is 12.8 Å². The van der Waals surface area contributed by atoms with Crippen LogP contribution >= 0.6 is 22.7 Å². The van der Waals surface area contributed by atoms with Crippen LogP contribution in [0.1, 0.15) is 33.8 Å². The van der Waals surface area contributed by atoms with Gasteiger partial charge >= 0.3 is 6.03 Å². The first kappa shape index (κ1) is 15.3. The third-order valence-corrected chi connectivity index (χ3v) is 6.16. The number of carbonyl (C=O) groups is 2. The highest BCUT2D eigenvalue weighted by molar-refractivity contribution is 7.21. The Labute approximate surface area is 146 Å². The summed E-state index contributed by atoms with van der Waals surface area (Å²) in [6.45, 7) is 0. The van der Waals surface area contributed by atoms with Crippen molar-refractivity contribution < 1.29 is 9.59 Å². The maximum Gasteiger partial charge on any atom is 0.316 e. The molecular formula is C17H15N3O2S2. The minimum absolute atomic E-state index is 0.455. The SMILES string of the molecule is NC(=O)Nc1c(C=O)sc2nc3c(c(-c4cccs4)c12)CCCC3. The van der Waals surface area contributed by atoms with Gasteiger partial charge in [-0.05, 0) is 42.7 Å². The molecule has 0 saturated heterocycles. The van der Waals surface area contributed by atoms with Crippen molar-refractivity contribution in [3.05, 3.63) is 33.6 Å². The lowest BCUT2D eigenvalue weighted by atomic mass is 9.90. The zero-order valence-electron chi connectivity index (χ0n) is 12.8. The fraction of sp³-hybridized carbons (Fsp3) is 0.235. The van der Waals surface area contributed by atoms with E-state index in [9.17, 15) is 9.59 Å². The quantitative estimate of drug-likeness (QED) is 0.689. The maximum absolute atomic E-state index is 11.5. The van der Waals surface area contributed by atoms with Crippen molar-refractivity contribution in [2.24, 2.45) is 5.73 Å². The normalized spacial score (nSPS) is 13.7. The topological polar surface area (TPSA) is 85.1 Å². The van der Waals surface area contributed by atoms with Gasteiger partial charge in [-0.3, -0.25) is 4.79 Å². The zero-order chi connectivity index (χ0) is 16.7. The number of hydrogen-bond donors (Lipinski definition) is 2. The molecule has 1 aliphatic carbocycles. The summed E-state index contributed by atoms with van der Waals surface area (Å²) < 4.78 is 0. The number of nitrogens with one attached hydrogen (secondary N) is 1. The average molecular weight is 357 g/mol. The Hall–Kier alpha value is -2.25. The third kappa shape index (κ3) is 2.40. The Morgan fingerprint density at radius 1 is 1.33 bits per heavy atom. The highest BCUT2D eigenvalue weighted by atomic mass is 32.1. The fourth-order valence-corrected chi connectivity index (χ4v) is 5.10. The molecule has 3 heterocycles. The molecule has 0 unspecified atom stereocenters. The average Bonchev–Trinajstić information content (AvgIpc) is 3.20. The summed E-state index contributed by atoms with van der Waals surface area (Å²) in [5, 5.41) is 5.51. The molecule has 1 aliphatic rings. The number of rotatable bonds is 3. The molecule has 4 rings (SSSR count). The van der Waals surface area contributed by atoms with Crippen LogP contribution in [0.3, 0.4) is 0 Å². The lowest BCUT2D eigenvalue weighted by Crippen LogP contribution is -2.20. The van der Waals surface area contributed by atoms with Crippen LogP contribution in [0, 0.1) is 0 Å². The number of aldehydes is 1. The van der Waals surface area contributed by atoms with Gasteiger partial charge in [-0.2, -0.15) is 0 Å². The molecule has 0 atom stereocenters. The van der Waals surface area contributed by atoms with Gasteiger partial charge in [0.25, 0.3) is 0 Å². The first-order chi connectivity index (χ1) is 11.7. The van der Waals surface area contributed by atoms with Crippen molar-refractivity contribution in [1.29, 1.82) is 0 Å². The Balaban J connectivity index is 2.12. The number of nitrogens with zero attached hydrogens (tertiary/aromatic N) is 1. The molecule has 5 nitrogen and oxygen atoms in total. The predicted molar refractivity (Wildman–Crippen MR) is 98.2 cm³/mol. The second kappa shape index (κ2) is 5.99. The van der Waals surface area contributed by atoms with E-state index in [2.05, 4.69) is 11.4 Å². The molecule has 7 heteroatoms. The first-order valence-corrected chi connectivity index (χ1v) is 9.42. The van der Waals surface area contributed by atoms with E-state index in [1.165, 1.54) is 16.9 Å². The molecule has 0 radical (unpaired) electrons. The third-order valence-electron chi connectivity index (χ3n) is 4.27. The van der Waals surface area contributed by atoms with Crippen LogP contribution in [0.4, 0.5) is 10.5 Å². The van der Waals surface area contributed by atoms with E-state index >= 15 is 0 Å². The number of carbonyl (C=O) groups excluding carboxylic acids is 2. The molecule has 0 aliphatic heterocycles. The van der Waals surface area contributed by atoms with Gasteiger partial charge in [0.2, 0.25) is 0 Å². The molecule has 0 aromatic carbocycles. The summed E-state index contributed by atoms with van der Waals surface area (Å²) in [7, 11) is 0. The van der Waals surface area contributed by atoms with E-state index in [0.29, 0.717) is 10.6 Å². The number of pyridine rings is 1. The summed E-state index contributed by atoms with van der Waals surface area (Å²) in [6, 6.07) is 3.41. The number of nitrogens with two attached hydrogens (primary N) is 1. The van der Waals surface area contributed by atoms with Crippen molar-refractivity contribution in [1.82, 2.24) is 4.98 Å². The molecule has 0 spiro atoms. The molecule has 122 valence electrons. The maximum atomic E-state index is 11.5. The summed E-state index contributed by atoms with van der Waals surface area (Å²) >= 11 is 2.96. The van der Waals surface area contributed by atoms with Crippen LogP contribution in [-0.4, -0.2) is 17.3 Å². The van der Waals surface area contributed by atoms with E-state index in [0.717, 1.165) is 58.3 Å². The highest BCUT2D eigenvalue weighted by Gasteiger charge is 2.25. The van der Waals surface area contributed by atoms with Crippen LogP contribution in [0.25, 0.3) is 20.7 Å². The minimum Gasteiger partial charge on any atom is -0.351 e. The van der Waals surface area contributed by atoms with Crippen LogP contribution in [0.5, 0.6) is 0 Å². The largest absolute Gasteiger partial charge is 0.351 e. The molecule has 0 bridgehead atoms. The summed E-state index contributed by atoms with van der Waals surface area (Å²) in [5.74, 6) is 0. The number of aromatic nitrogens is 1. The van der Waals surface area contributed by atoms with E-state index in [4.69, 9.17) is 10.7 Å². The number of hydrogen-bond acceptors (Lipinski definition) is 5. The Kier molecular flexibility index (Phi) is 3.82. The number of urea groups is 1. The zero-order valence-corrected chi connectivity index (χ0v) is 14.4. The molecule has 3 N–H and O–H groups in total. The summed E-state index contributed by atoms with van der Waals surface area (Å²) in [6.07, 6.45) is 4.94. The monoisotopic (exact) mass is 357 g/mol. The smallest absolute Gasteiger partial charge is 0.316 e. The van der Waals surface area contributed by atoms with E-state index in [-0.39, 0.29) is 0 Å². The highest BCUT2D eigenvalue weighted by Crippen LogP contribution is 2.45. The minimum atomic E-state index is -0.673. The molecule has 0 fully saturated rings. The number of primary amides is 1. The fourth-order valence-electron chi connectivity index (χ4n) is 3.33. The van der Waals surface area contributed by atoms with Gasteiger partial charge in [0.05, 0.1) is 10.6 Å². The standard InChI is InChI=1S/C17H15N3O2S2/c18-17(22)20-15-12(8-21)24-16-14(15)13(11-6-3-7-23-11)9-4-1-2-5-10(9)19-16/h3,6-8H,1-2,4-5H2,(H3,18,20,22). The second-order valence-electron chi connectivity index (χ2n) is 5.73. The molecule has 0 saturated carbocycles. The number of aryl methyl sites for hydroxylation is 1. The van der Waals surface area contributed by atoms with E-state index in [1.807, 2.05) is 11.4 Å². The number of thiophene rings is 2. The van der Waals surface area contributed by atoms with Crippen LogP contribution in [0.2, 0.25) is 0 Å².